The molecule has 1 aliphatic rings. The highest BCUT2D eigenvalue weighted by Crippen LogP contribution is 2.31. The van der Waals surface area contributed by atoms with E-state index >= 15 is 0 Å². The summed E-state index contributed by atoms with van der Waals surface area (Å²) in [7, 11) is 0. The zero-order valence-electron chi connectivity index (χ0n) is 10.2. The Morgan fingerprint density at radius 2 is 2.28 bits per heavy atom. The number of nitrogens with two attached hydrogens (primary N) is 1. The summed E-state index contributed by atoms with van der Waals surface area (Å²) in [6.45, 7) is 1.49. The topological polar surface area (TPSA) is 107 Å². The monoisotopic (exact) mass is 271 g/mol. The number of nitrogens with zero attached hydrogens (tertiary/aromatic N) is 4. The van der Waals surface area contributed by atoms with Crippen LogP contribution in [-0.2, 0) is 4.79 Å². The van der Waals surface area contributed by atoms with Gasteiger partial charge in [-0.15, -0.1) is 5.10 Å². The maximum absolute atomic E-state index is 10.9. The number of carboxylic acids is 1. The molecule has 100 valence electrons. The summed E-state index contributed by atoms with van der Waals surface area (Å²) in [6.07, 6.45) is 4.55. The molecule has 0 amide bonds. The van der Waals surface area contributed by atoms with Crippen molar-refractivity contribution in [3.8, 4) is 0 Å². The van der Waals surface area contributed by atoms with Gasteiger partial charge in [0.2, 0.25) is 5.16 Å². The molecule has 0 bridgehead atoms. The molecular formula is C10H17N5O2S. The second kappa shape index (κ2) is 5.23. The lowest BCUT2D eigenvalue weighted by Crippen LogP contribution is -2.47. The van der Waals surface area contributed by atoms with Crippen molar-refractivity contribution in [2.24, 2.45) is 5.73 Å². The molecule has 18 heavy (non-hydrogen) atoms. The van der Waals surface area contributed by atoms with Gasteiger partial charge in [0, 0.05) is 5.75 Å². The zero-order chi connectivity index (χ0) is 13.2. The second-order valence-electron chi connectivity index (χ2n) is 4.86. The summed E-state index contributed by atoms with van der Waals surface area (Å²) in [4.78, 5) is 10.9. The summed E-state index contributed by atoms with van der Waals surface area (Å²) < 4.78 is 1.80. The zero-order valence-corrected chi connectivity index (χ0v) is 11.1. The molecule has 1 aromatic rings. The van der Waals surface area contributed by atoms with E-state index in [2.05, 4.69) is 15.5 Å². The Morgan fingerprint density at radius 1 is 1.61 bits per heavy atom. The number of carbonyl (C=O) groups is 1. The highest BCUT2D eigenvalue weighted by atomic mass is 32.2. The molecule has 1 saturated carbocycles. The number of rotatable bonds is 5. The first-order chi connectivity index (χ1) is 8.50. The number of carboxylic acid groups (broad SMARTS) is 1. The van der Waals surface area contributed by atoms with Gasteiger partial charge >= 0.3 is 5.97 Å². The highest BCUT2D eigenvalue weighted by Gasteiger charge is 2.30. The van der Waals surface area contributed by atoms with E-state index < -0.39 is 11.5 Å². The summed E-state index contributed by atoms with van der Waals surface area (Å²) in [5.74, 6) is -0.773. The van der Waals surface area contributed by atoms with Gasteiger partial charge < -0.3 is 10.8 Å². The Morgan fingerprint density at radius 3 is 2.89 bits per heavy atom. The van der Waals surface area contributed by atoms with Gasteiger partial charge in [0.25, 0.3) is 0 Å². The predicted molar refractivity (Wildman–Crippen MR) is 66.3 cm³/mol. The van der Waals surface area contributed by atoms with E-state index in [4.69, 9.17) is 10.8 Å². The molecule has 2 rings (SSSR count). The Balaban J connectivity index is 2.02. The molecule has 0 spiro atoms. The number of aromatic nitrogens is 4. The van der Waals surface area contributed by atoms with Crippen LogP contribution in [0.3, 0.4) is 0 Å². The van der Waals surface area contributed by atoms with Gasteiger partial charge in [0.05, 0.1) is 6.04 Å². The first kappa shape index (κ1) is 13.3. The van der Waals surface area contributed by atoms with Gasteiger partial charge in [0.15, 0.2) is 0 Å². The lowest BCUT2D eigenvalue weighted by Gasteiger charge is -2.18. The predicted octanol–water partition coefficient (Wildman–Crippen LogP) is 0.682. The molecule has 0 radical (unpaired) electrons. The minimum absolute atomic E-state index is 0.245. The smallest absolute Gasteiger partial charge is 0.324 e. The Kier molecular flexibility index (Phi) is 3.86. The van der Waals surface area contributed by atoms with Crippen LogP contribution >= 0.6 is 11.8 Å². The Hall–Kier alpha value is -1.15. The molecule has 7 nitrogen and oxygen atoms in total. The Bertz CT molecular complexity index is 428. The van der Waals surface area contributed by atoms with Gasteiger partial charge in [-0.3, -0.25) is 4.79 Å². The number of thioether (sulfide) groups is 1. The van der Waals surface area contributed by atoms with Crippen LogP contribution in [0.15, 0.2) is 5.16 Å². The van der Waals surface area contributed by atoms with Gasteiger partial charge in [-0.25, -0.2) is 4.68 Å². The van der Waals surface area contributed by atoms with Gasteiger partial charge in [-0.1, -0.05) is 24.6 Å². The summed E-state index contributed by atoms with van der Waals surface area (Å²) in [6, 6.07) is 0.344. The van der Waals surface area contributed by atoms with Crippen molar-refractivity contribution in [1.29, 1.82) is 0 Å². The van der Waals surface area contributed by atoms with Crippen molar-refractivity contribution < 1.29 is 9.90 Å². The molecule has 1 heterocycles. The fourth-order valence-corrected chi connectivity index (χ4v) is 2.90. The van der Waals surface area contributed by atoms with Crippen LogP contribution in [-0.4, -0.2) is 42.6 Å². The SMILES string of the molecule is CC(N)(CSc1nnnn1C1CCCC1)C(=O)O. The van der Waals surface area contributed by atoms with Crippen LogP contribution in [0.25, 0.3) is 0 Å². The van der Waals surface area contributed by atoms with Crippen molar-refractivity contribution >= 4 is 17.7 Å². The average Bonchev–Trinajstić information content (AvgIpc) is 2.96. The van der Waals surface area contributed by atoms with Crippen LogP contribution in [0.4, 0.5) is 0 Å². The maximum atomic E-state index is 10.9. The number of hydrogen-bond acceptors (Lipinski definition) is 6. The molecular weight excluding hydrogens is 254 g/mol. The van der Waals surface area contributed by atoms with Crippen LogP contribution in [0.5, 0.6) is 0 Å². The van der Waals surface area contributed by atoms with Crippen molar-refractivity contribution in [2.75, 3.05) is 5.75 Å². The second-order valence-corrected chi connectivity index (χ2v) is 5.80. The van der Waals surface area contributed by atoms with Crippen LogP contribution in [0.1, 0.15) is 38.6 Å². The summed E-state index contributed by atoms with van der Waals surface area (Å²) in [5, 5.41) is 21.2. The van der Waals surface area contributed by atoms with E-state index in [1.807, 2.05) is 0 Å². The molecule has 0 saturated heterocycles. The van der Waals surface area contributed by atoms with Crippen molar-refractivity contribution in [3.05, 3.63) is 0 Å². The lowest BCUT2D eigenvalue weighted by molar-refractivity contribution is -0.141. The fraction of sp³-hybridized carbons (Fsp3) is 0.800. The summed E-state index contributed by atoms with van der Waals surface area (Å²) in [5.41, 5.74) is 4.41. The van der Waals surface area contributed by atoms with Crippen LogP contribution in [0.2, 0.25) is 0 Å². The molecule has 1 aromatic heterocycles. The largest absolute Gasteiger partial charge is 0.480 e. The molecule has 0 aromatic carbocycles. The van der Waals surface area contributed by atoms with E-state index in [-0.39, 0.29) is 5.75 Å². The van der Waals surface area contributed by atoms with E-state index in [9.17, 15) is 4.79 Å². The van der Waals surface area contributed by atoms with E-state index in [1.165, 1.54) is 31.5 Å². The third kappa shape index (κ3) is 2.81. The van der Waals surface area contributed by atoms with Crippen molar-refractivity contribution in [3.63, 3.8) is 0 Å². The molecule has 3 N–H and O–H groups in total. The Labute approximate surface area is 109 Å². The van der Waals surface area contributed by atoms with E-state index in [0.717, 1.165) is 12.8 Å². The third-order valence-electron chi connectivity index (χ3n) is 3.12. The van der Waals surface area contributed by atoms with Crippen molar-refractivity contribution in [1.82, 2.24) is 20.2 Å². The normalized spacial score (nSPS) is 19.9. The van der Waals surface area contributed by atoms with Gasteiger partial charge in [-0.2, -0.15) is 0 Å². The molecule has 1 aliphatic carbocycles. The molecule has 8 heteroatoms. The average molecular weight is 271 g/mol. The van der Waals surface area contributed by atoms with Crippen LogP contribution < -0.4 is 5.73 Å². The lowest BCUT2D eigenvalue weighted by atomic mass is 10.1. The number of aliphatic carboxylic acids is 1. The summed E-state index contributed by atoms with van der Waals surface area (Å²) >= 11 is 1.30. The van der Waals surface area contributed by atoms with Crippen molar-refractivity contribution in [2.45, 2.75) is 49.3 Å². The molecule has 0 aliphatic heterocycles. The number of hydrogen-bond donors (Lipinski definition) is 2. The molecule has 1 unspecified atom stereocenters. The maximum Gasteiger partial charge on any atom is 0.324 e. The van der Waals surface area contributed by atoms with Gasteiger partial charge in [0.1, 0.15) is 5.54 Å². The minimum atomic E-state index is -1.27. The standard InChI is InChI=1S/C10H17N5O2S/c1-10(11,8(16)17)6-18-9-12-13-14-15(9)7-4-2-3-5-7/h7H,2-6,11H2,1H3,(H,16,17). The first-order valence-corrected chi connectivity index (χ1v) is 6.92. The first-order valence-electron chi connectivity index (χ1n) is 5.93. The third-order valence-corrected chi connectivity index (χ3v) is 4.39. The van der Waals surface area contributed by atoms with Gasteiger partial charge in [-0.05, 0) is 30.2 Å². The highest BCUT2D eigenvalue weighted by molar-refractivity contribution is 7.99. The van der Waals surface area contributed by atoms with Crippen LogP contribution in [0, 0.1) is 0 Å². The quantitative estimate of drug-likeness (QED) is 0.758. The fourth-order valence-electron chi connectivity index (χ4n) is 1.93. The van der Waals surface area contributed by atoms with E-state index in [1.54, 1.807) is 4.68 Å². The number of tetrazole rings is 1. The molecule has 1 fully saturated rings. The van der Waals surface area contributed by atoms with E-state index in [0.29, 0.717) is 11.2 Å². The molecule has 1 atom stereocenters. The minimum Gasteiger partial charge on any atom is -0.480 e.